The van der Waals surface area contributed by atoms with Crippen LogP contribution in [0.15, 0.2) is 122 Å². The van der Waals surface area contributed by atoms with Gasteiger partial charge in [-0.3, -0.25) is 9.97 Å². The number of pyridine rings is 2. The van der Waals surface area contributed by atoms with Gasteiger partial charge in [-0.1, -0.05) is 71.7 Å². The van der Waals surface area contributed by atoms with Crippen LogP contribution in [0, 0.1) is 11.6 Å². The Morgan fingerprint density at radius 3 is 1.27 bits per heavy atom. The molecule has 0 aliphatic rings. The molecule has 0 saturated carbocycles. The van der Waals surface area contributed by atoms with E-state index in [4.69, 9.17) is 23.2 Å². The van der Waals surface area contributed by atoms with Gasteiger partial charge in [0.1, 0.15) is 11.6 Å². The first-order valence-corrected chi connectivity index (χ1v) is 16.4. The van der Waals surface area contributed by atoms with E-state index in [2.05, 4.69) is 9.97 Å². The monoisotopic (exact) mass is 656 g/mol. The Bertz CT molecular complexity index is 1980. The highest BCUT2D eigenvalue weighted by Crippen LogP contribution is 2.35. The zero-order valence-corrected chi connectivity index (χ0v) is 25.9. The molecule has 0 radical (unpaired) electrons. The summed E-state index contributed by atoms with van der Waals surface area (Å²) in [5.41, 5.74) is 5.85. The SMILES string of the molecule is O=S(=O)(Cc1ccc(-c2cnccc2-c2ccc(Cl)cc2)cc1F)Cc1ccc(-c2cnccc2-c2ccc(Cl)cc2)cc1F. The van der Waals surface area contributed by atoms with E-state index in [0.717, 1.165) is 22.3 Å². The second-order valence-corrected chi connectivity index (χ2v) is 13.4. The molecule has 9 heteroatoms. The van der Waals surface area contributed by atoms with Crippen molar-refractivity contribution < 1.29 is 17.2 Å². The van der Waals surface area contributed by atoms with E-state index in [-0.39, 0.29) is 11.1 Å². The first-order valence-electron chi connectivity index (χ1n) is 13.8. The van der Waals surface area contributed by atoms with Crippen molar-refractivity contribution in [1.29, 1.82) is 0 Å². The largest absolute Gasteiger partial charge is 0.264 e. The number of rotatable bonds is 8. The smallest absolute Gasteiger partial charge is 0.158 e. The average Bonchev–Trinajstić information content (AvgIpc) is 3.04. The molecule has 2 aromatic heterocycles. The standard InChI is InChI=1S/C36H24Cl2F2N2O2S/c37-29-9-5-23(6-10-29)31-13-15-41-19-33(31)25-1-3-27(35(39)17-25)21-45(43,44)22-28-4-2-26(18-36(28)40)34-20-42-16-14-32(34)24-7-11-30(38)12-8-24/h1-20H,21-22H2. The molecule has 6 aromatic rings. The molecule has 0 amide bonds. The summed E-state index contributed by atoms with van der Waals surface area (Å²) < 4.78 is 56.9. The minimum Gasteiger partial charge on any atom is -0.264 e. The Hall–Kier alpha value is -4.43. The molecule has 0 atom stereocenters. The van der Waals surface area contributed by atoms with Crippen molar-refractivity contribution in [3.63, 3.8) is 0 Å². The highest BCUT2D eigenvalue weighted by atomic mass is 35.5. The Kier molecular flexibility index (Phi) is 8.76. The summed E-state index contributed by atoms with van der Waals surface area (Å²) in [5, 5.41) is 1.19. The molecule has 4 nitrogen and oxygen atoms in total. The van der Waals surface area contributed by atoms with E-state index in [1.807, 2.05) is 36.4 Å². The molecule has 45 heavy (non-hydrogen) atoms. The van der Waals surface area contributed by atoms with Gasteiger partial charge in [-0.05, 0) is 81.9 Å². The molecule has 6 rings (SSSR count). The van der Waals surface area contributed by atoms with E-state index in [1.165, 1.54) is 24.3 Å². The molecule has 0 saturated heterocycles. The van der Waals surface area contributed by atoms with Crippen molar-refractivity contribution in [2.24, 2.45) is 0 Å². The van der Waals surface area contributed by atoms with Gasteiger partial charge in [0.15, 0.2) is 9.84 Å². The molecule has 0 unspecified atom stereocenters. The first kappa shape index (κ1) is 30.6. The van der Waals surface area contributed by atoms with Gasteiger partial charge in [-0.15, -0.1) is 0 Å². The topological polar surface area (TPSA) is 59.9 Å². The minimum atomic E-state index is -3.93. The number of hydrogen-bond donors (Lipinski definition) is 0. The maximum Gasteiger partial charge on any atom is 0.158 e. The third-order valence-electron chi connectivity index (χ3n) is 7.43. The minimum absolute atomic E-state index is 0.00400. The van der Waals surface area contributed by atoms with Crippen molar-refractivity contribution in [3.8, 4) is 44.5 Å². The normalized spacial score (nSPS) is 11.5. The second-order valence-electron chi connectivity index (χ2n) is 10.5. The number of sulfone groups is 1. The van der Waals surface area contributed by atoms with Crippen LogP contribution in [0.4, 0.5) is 8.78 Å². The van der Waals surface area contributed by atoms with Gasteiger partial charge in [0, 0.05) is 57.1 Å². The number of hydrogen-bond acceptors (Lipinski definition) is 4. The fourth-order valence-corrected chi connectivity index (χ4v) is 6.97. The van der Waals surface area contributed by atoms with E-state index >= 15 is 8.78 Å². The number of halogens is 4. The fraction of sp³-hybridized carbons (Fsp3) is 0.0556. The van der Waals surface area contributed by atoms with Crippen LogP contribution in [0.5, 0.6) is 0 Å². The van der Waals surface area contributed by atoms with Crippen LogP contribution in [0.1, 0.15) is 11.1 Å². The van der Waals surface area contributed by atoms with Gasteiger partial charge in [0.25, 0.3) is 0 Å². The van der Waals surface area contributed by atoms with Crippen molar-refractivity contribution >= 4 is 33.0 Å². The summed E-state index contributed by atoms with van der Waals surface area (Å²) in [4.78, 5) is 8.38. The predicted octanol–water partition coefficient (Wildman–Crippen LogP) is 9.84. The van der Waals surface area contributed by atoms with Crippen LogP contribution in [-0.4, -0.2) is 18.4 Å². The highest BCUT2D eigenvalue weighted by Gasteiger charge is 2.20. The van der Waals surface area contributed by atoms with Crippen LogP contribution < -0.4 is 0 Å². The van der Waals surface area contributed by atoms with Crippen molar-refractivity contribution in [2.75, 3.05) is 0 Å². The van der Waals surface area contributed by atoms with Gasteiger partial charge in [0.2, 0.25) is 0 Å². The second kappa shape index (κ2) is 12.9. The number of nitrogens with zero attached hydrogens (tertiary/aromatic N) is 2. The third-order valence-corrected chi connectivity index (χ3v) is 9.44. The lowest BCUT2D eigenvalue weighted by Crippen LogP contribution is -2.10. The van der Waals surface area contributed by atoms with Crippen LogP contribution in [0.3, 0.4) is 0 Å². The fourth-order valence-electron chi connectivity index (χ4n) is 5.20. The lowest BCUT2D eigenvalue weighted by atomic mass is 9.96. The van der Waals surface area contributed by atoms with Gasteiger partial charge >= 0.3 is 0 Å². The summed E-state index contributed by atoms with van der Waals surface area (Å²) in [7, 11) is -3.93. The van der Waals surface area contributed by atoms with Crippen molar-refractivity contribution in [3.05, 3.63) is 155 Å². The maximum absolute atomic E-state index is 15.3. The Labute approximate surface area is 269 Å². The summed E-state index contributed by atoms with van der Waals surface area (Å²) >= 11 is 12.1. The average molecular weight is 658 g/mol. The Morgan fingerprint density at radius 2 is 0.889 bits per heavy atom. The molecule has 224 valence electrons. The van der Waals surface area contributed by atoms with Gasteiger partial charge in [-0.2, -0.15) is 0 Å². The molecule has 0 aliphatic heterocycles. The number of aromatic nitrogens is 2. The lowest BCUT2D eigenvalue weighted by Gasteiger charge is -2.13. The van der Waals surface area contributed by atoms with Crippen LogP contribution in [-0.2, 0) is 21.3 Å². The summed E-state index contributed by atoms with van der Waals surface area (Å²) in [5.74, 6) is -2.52. The predicted molar refractivity (Wildman–Crippen MR) is 176 cm³/mol. The van der Waals surface area contributed by atoms with Crippen LogP contribution >= 0.6 is 23.2 Å². The molecule has 0 aliphatic carbocycles. The highest BCUT2D eigenvalue weighted by molar-refractivity contribution is 7.89. The maximum atomic E-state index is 15.3. The molecule has 0 fully saturated rings. The van der Waals surface area contributed by atoms with E-state index in [9.17, 15) is 8.42 Å². The zero-order chi connectivity index (χ0) is 31.6. The first-order chi connectivity index (χ1) is 21.7. The molecular weight excluding hydrogens is 633 g/mol. The summed E-state index contributed by atoms with van der Waals surface area (Å²) in [6.07, 6.45) is 6.55. The van der Waals surface area contributed by atoms with Crippen molar-refractivity contribution in [1.82, 2.24) is 9.97 Å². The summed E-state index contributed by atoms with van der Waals surface area (Å²) in [6.45, 7) is 0. The summed E-state index contributed by atoms with van der Waals surface area (Å²) in [6, 6.07) is 27.0. The Morgan fingerprint density at radius 1 is 0.511 bits per heavy atom. The molecule has 0 N–H and O–H groups in total. The van der Waals surface area contributed by atoms with E-state index < -0.39 is 33.0 Å². The molecular formula is C36H24Cl2F2N2O2S. The Balaban J connectivity index is 1.22. The van der Waals surface area contributed by atoms with Gasteiger partial charge < -0.3 is 0 Å². The van der Waals surface area contributed by atoms with E-state index in [0.29, 0.717) is 32.3 Å². The third kappa shape index (κ3) is 6.96. The zero-order valence-electron chi connectivity index (χ0n) is 23.6. The molecule has 0 bridgehead atoms. The van der Waals surface area contributed by atoms with Crippen molar-refractivity contribution in [2.45, 2.75) is 11.5 Å². The lowest BCUT2D eigenvalue weighted by molar-refractivity contribution is 0.581. The molecule has 2 heterocycles. The van der Waals surface area contributed by atoms with Gasteiger partial charge in [0.05, 0.1) is 11.5 Å². The van der Waals surface area contributed by atoms with Crippen LogP contribution in [0.25, 0.3) is 44.5 Å². The van der Waals surface area contributed by atoms with E-state index in [1.54, 1.807) is 61.2 Å². The number of benzene rings is 4. The molecule has 4 aromatic carbocycles. The van der Waals surface area contributed by atoms with Gasteiger partial charge in [-0.25, -0.2) is 17.2 Å². The van der Waals surface area contributed by atoms with Crippen LogP contribution in [0.2, 0.25) is 10.0 Å². The molecule has 0 spiro atoms. The quantitative estimate of drug-likeness (QED) is 0.164.